The molecule has 2 heteroatoms. The maximum Gasteiger partial charge on any atom is 0.0343 e. The van der Waals surface area contributed by atoms with Gasteiger partial charge in [-0.05, 0) is 96.2 Å². The van der Waals surface area contributed by atoms with Gasteiger partial charge in [0.05, 0.1) is 0 Å². The highest BCUT2D eigenvalue weighted by atomic mass is 14.6. The van der Waals surface area contributed by atoms with Crippen molar-refractivity contribution in [2.75, 3.05) is 11.5 Å². The molecule has 0 aliphatic rings. The zero-order chi connectivity index (χ0) is 22.5. The van der Waals surface area contributed by atoms with E-state index in [0.717, 1.165) is 48.2 Å². The molecular weight excluding hydrogens is 388 g/mol. The van der Waals surface area contributed by atoms with Crippen molar-refractivity contribution in [3.8, 4) is 0 Å². The van der Waals surface area contributed by atoms with Gasteiger partial charge in [0.2, 0.25) is 0 Å². The fraction of sp³-hybridized carbons (Fsp3) is 0.200. The number of rotatable bonds is 7. The minimum atomic E-state index is 0.859. The predicted octanol–water partition coefficient (Wildman–Crippen LogP) is 6.43. The van der Waals surface area contributed by atoms with E-state index in [1.165, 1.54) is 33.4 Å². The molecule has 0 aromatic heterocycles. The molecule has 0 saturated heterocycles. The van der Waals surface area contributed by atoms with Crippen molar-refractivity contribution in [3.05, 3.63) is 129 Å². The van der Waals surface area contributed by atoms with Crippen molar-refractivity contribution in [2.24, 2.45) is 0 Å². The van der Waals surface area contributed by atoms with E-state index in [1.54, 1.807) is 0 Å². The van der Waals surface area contributed by atoms with E-state index >= 15 is 0 Å². The molecule has 0 spiro atoms. The summed E-state index contributed by atoms with van der Waals surface area (Å²) in [5.41, 5.74) is 23.9. The summed E-state index contributed by atoms with van der Waals surface area (Å²) in [6, 6.07) is 30.6. The van der Waals surface area contributed by atoms with Crippen LogP contribution in [0.1, 0.15) is 44.5 Å². The molecule has 4 aromatic carbocycles. The summed E-state index contributed by atoms with van der Waals surface area (Å²) < 4.78 is 0. The molecule has 4 N–H and O–H groups in total. The molecule has 4 rings (SSSR count). The highest BCUT2D eigenvalue weighted by Gasteiger charge is 2.03. The monoisotopic (exact) mass is 420 g/mol. The van der Waals surface area contributed by atoms with Crippen LogP contribution in [0.3, 0.4) is 0 Å². The van der Waals surface area contributed by atoms with Gasteiger partial charge >= 0.3 is 0 Å². The van der Waals surface area contributed by atoms with Crippen LogP contribution < -0.4 is 11.5 Å². The maximum absolute atomic E-state index is 5.93. The van der Waals surface area contributed by atoms with Crippen molar-refractivity contribution in [2.45, 2.75) is 39.5 Å². The lowest BCUT2D eigenvalue weighted by Gasteiger charge is -2.08. The number of nitrogens with two attached hydrogens (primary N) is 2. The predicted molar refractivity (Wildman–Crippen MR) is 137 cm³/mol. The van der Waals surface area contributed by atoms with E-state index < -0.39 is 0 Å². The van der Waals surface area contributed by atoms with Crippen LogP contribution in [0.4, 0.5) is 11.4 Å². The number of benzene rings is 4. The molecule has 0 fully saturated rings. The number of hydrogen-bond donors (Lipinski definition) is 2. The molecule has 0 atom stereocenters. The summed E-state index contributed by atoms with van der Waals surface area (Å²) in [6.45, 7) is 4.13. The molecule has 0 unspecified atom stereocenters. The van der Waals surface area contributed by atoms with Gasteiger partial charge in [-0.1, -0.05) is 72.8 Å². The van der Waals surface area contributed by atoms with Crippen molar-refractivity contribution in [1.82, 2.24) is 0 Å². The van der Waals surface area contributed by atoms with Crippen molar-refractivity contribution in [1.29, 1.82) is 0 Å². The molecule has 0 bridgehead atoms. The second-order valence-electron chi connectivity index (χ2n) is 8.87. The third kappa shape index (κ3) is 5.59. The first-order valence-corrected chi connectivity index (χ1v) is 11.3. The molecule has 2 nitrogen and oxygen atoms in total. The van der Waals surface area contributed by atoms with E-state index in [0.29, 0.717) is 0 Å². The molecule has 4 aromatic rings. The number of nitrogen functional groups attached to an aromatic ring is 2. The Morgan fingerprint density at radius 1 is 0.438 bits per heavy atom. The summed E-state index contributed by atoms with van der Waals surface area (Å²) in [5.74, 6) is 0. The topological polar surface area (TPSA) is 52.0 Å². The Balaban J connectivity index is 1.31. The highest BCUT2D eigenvalue weighted by Crippen LogP contribution is 2.19. The van der Waals surface area contributed by atoms with Crippen molar-refractivity contribution < 1.29 is 0 Å². The third-order valence-electron chi connectivity index (χ3n) is 6.23. The molecular formula is C30H32N2. The zero-order valence-corrected chi connectivity index (χ0v) is 19.1. The van der Waals surface area contributed by atoms with E-state index in [-0.39, 0.29) is 0 Å². The van der Waals surface area contributed by atoms with Gasteiger partial charge < -0.3 is 11.5 Å². The first kappa shape index (κ1) is 21.7. The van der Waals surface area contributed by atoms with Crippen LogP contribution in [0.25, 0.3) is 0 Å². The van der Waals surface area contributed by atoms with Crippen LogP contribution >= 0.6 is 0 Å². The van der Waals surface area contributed by atoms with Gasteiger partial charge in [0.25, 0.3) is 0 Å². The van der Waals surface area contributed by atoms with Gasteiger partial charge in [-0.2, -0.15) is 0 Å². The molecule has 0 heterocycles. The zero-order valence-electron chi connectivity index (χ0n) is 19.1. The van der Waals surface area contributed by atoms with E-state index in [2.05, 4.69) is 86.6 Å². The molecule has 0 saturated carbocycles. The normalized spacial score (nSPS) is 10.9. The summed E-state index contributed by atoms with van der Waals surface area (Å²) >= 11 is 0. The molecule has 0 aliphatic carbocycles. The molecule has 162 valence electrons. The van der Waals surface area contributed by atoms with Crippen LogP contribution in [-0.2, 0) is 25.7 Å². The average molecular weight is 421 g/mol. The number of anilines is 2. The second-order valence-corrected chi connectivity index (χ2v) is 8.87. The molecule has 0 radical (unpaired) electrons. The Labute approximate surface area is 191 Å². The van der Waals surface area contributed by atoms with Gasteiger partial charge in [-0.15, -0.1) is 0 Å². The Kier molecular flexibility index (Phi) is 6.61. The second kappa shape index (κ2) is 9.74. The Hall–Kier alpha value is -3.52. The maximum atomic E-state index is 5.93. The largest absolute Gasteiger partial charge is 0.399 e. The lowest BCUT2D eigenvalue weighted by atomic mass is 9.98. The van der Waals surface area contributed by atoms with Gasteiger partial charge in [-0.3, -0.25) is 0 Å². The quantitative estimate of drug-likeness (QED) is 0.338. The summed E-state index contributed by atoms with van der Waals surface area (Å²) in [6.07, 6.45) is 3.99. The van der Waals surface area contributed by atoms with Gasteiger partial charge in [-0.25, -0.2) is 0 Å². The van der Waals surface area contributed by atoms with E-state index in [9.17, 15) is 0 Å². The number of aryl methyl sites for hydroxylation is 4. The van der Waals surface area contributed by atoms with Crippen LogP contribution in [0.15, 0.2) is 84.9 Å². The Morgan fingerprint density at radius 3 is 1.09 bits per heavy atom. The van der Waals surface area contributed by atoms with Crippen LogP contribution in [0, 0.1) is 13.8 Å². The van der Waals surface area contributed by atoms with Crippen molar-refractivity contribution in [3.63, 3.8) is 0 Å². The van der Waals surface area contributed by atoms with Crippen LogP contribution in [0.2, 0.25) is 0 Å². The van der Waals surface area contributed by atoms with Crippen molar-refractivity contribution >= 4 is 11.4 Å². The average Bonchev–Trinajstić information content (AvgIpc) is 2.79. The molecule has 0 amide bonds. The first-order chi connectivity index (χ1) is 15.5. The fourth-order valence-electron chi connectivity index (χ4n) is 4.10. The summed E-state index contributed by atoms with van der Waals surface area (Å²) in [5, 5.41) is 0. The lowest BCUT2D eigenvalue weighted by molar-refractivity contribution is 0.956. The highest BCUT2D eigenvalue weighted by molar-refractivity contribution is 5.49. The van der Waals surface area contributed by atoms with Crippen LogP contribution in [0.5, 0.6) is 0 Å². The smallest absolute Gasteiger partial charge is 0.0343 e. The van der Waals surface area contributed by atoms with Crippen LogP contribution in [-0.4, -0.2) is 0 Å². The van der Waals surface area contributed by atoms with Gasteiger partial charge in [0.15, 0.2) is 0 Å². The SMILES string of the molecule is Cc1cc(Cc2ccc(CCc3ccc(Cc4ccc(N)c(C)c4)cc3)cc2)ccc1N. The van der Waals surface area contributed by atoms with Gasteiger partial charge in [0, 0.05) is 11.4 Å². The molecule has 32 heavy (non-hydrogen) atoms. The Morgan fingerprint density at radius 2 is 0.750 bits per heavy atom. The van der Waals surface area contributed by atoms with E-state index in [4.69, 9.17) is 11.5 Å². The minimum absolute atomic E-state index is 0.859. The minimum Gasteiger partial charge on any atom is -0.399 e. The van der Waals surface area contributed by atoms with Gasteiger partial charge in [0.1, 0.15) is 0 Å². The lowest BCUT2D eigenvalue weighted by Crippen LogP contribution is -1.96. The molecule has 0 aliphatic heterocycles. The Bertz CT molecular complexity index is 1090. The standard InChI is InChI=1S/C30H32N2/c1-21-17-27(13-15-29(21)31)19-25-9-5-23(6-10-25)3-4-24-7-11-26(12-8-24)20-28-14-16-30(32)22(2)18-28/h5-18H,3-4,19-20,31-32H2,1-2H3. The summed E-state index contributed by atoms with van der Waals surface area (Å²) in [7, 11) is 0. The van der Waals surface area contributed by atoms with E-state index in [1.807, 2.05) is 12.1 Å². The fourth-order valence-corrected chi connectivity index (χ4v) is 4.10. The number of hydrogen-bond acceptors (Lipinski definition) is 2. The third-order valence-corrected chi connectivity index (χ3v) is 6.23. The first-order valence-electron chi connectivity index (χ1n) is 11.3. The summed E-state index contributed by atoms with van der Waals surface area (Å²) in [4.78, 5) is 0.